The van der Waals surface area contributed by atoms with Gasteiger partial charge in [-0.15, -0.1) is 0 Å². The highest BCUT2D eigenvalue weighted by Crippen LogP contribution is 2.22. The van der Waals surface area contributed by atoms with Crippen LogP contribution in [0.3, 0.4) is 0 Å². The van der Waals surface area contributed by atoms with Crippen molar-refractivity contribution < 1.29 is 4.79 Å². The van der Waals surface area contributed by atoms with E-state index in [0.717, 1.165) is 15.7 Å². The van der Waals surface area contributed by atoms with Gasteiger partial charge in [0.25, 0.3) is 0 Å². The van der Waals surface area contributed by atoms with Crippen LogP contribution in [0.4, 0.5) is 5.82 Å². The number of hydrogen-bond donors (Lipinski definition) is 1. The van der Waals surface area contributed by atoms with Crippen molar-refractivity contribution >= 4 is 50.9 Å². The molecule has 1 aromatic carbocycles. The maximum absolute atomic E-state index is 12.1. The van der Waals surface area contributed by atoms with Crippen LogP contribution in [-0.2, 0) is 17.9 Å². The molecular formula is C17H16BrCl2N5O. The number of anilines is 1. The first-order valence-electron chi connectivity index (χ1n) is 7.87. The molecular weight excluding hydrogens is 441 g/mol. The molecule has 0 radical (unpaired) electrons. The average Bonchev–Trinajstić information content (AvgIpc) is 3.16. The Morgan fingerprint density at radius 1 is 1.31 bits per heavy atom. The monoisotopic (exact) mass is 455 g/mol. The van der Waals surface area contributed by atoms with Crippen LogP contribution in [0.2, 0.25) is 10.0 Å². The van der Waals surface area contributed by atoms with Crippen LogP contribution in [0.1, 0.15) is 17.7 Å². The van der Waals surface area contributed by atoms with Gasteiger partial charge in [-0.3, -0.25) is 14.2 Å². The van der Waals surface area contributed by atoms with Gasteiger partial charge in [0.1, 0.15) is 0 Å². The molecule has 3 aromatic rings. The van der Waals surface area contributed by atoms with Gasteiger partial charge in [-0.05, 0) is 40.5 Å². The summed E-state index contributed by atoms with van der Waals surface area (Å²) in [6.07, 6.45) is 3.82. The van der Waals surface area contributed by atoms with Gasteiger partial charge < -0.3 is 5.32 Å². The minimum atomic E-state index is -0.120. The molecule has 1 amide bonds. The van der Waals surface area contributed by atoms with Crippen LogP contribution in [0.15, 0.2) is 41.1 Å². The summed E-state index contributed by atoms with van der Waals surface area (Å²) in [6.45, 7) is 2.94. The molecule has 6 nitrogen and oxygen atoms in total. The molecule has 2 aromatic heterocycles. The number of carbonyl (C=O) groups is 1. The largest absolute Gasteiger partial charge is 0.309 e. The number of halogens is 3. The molecule has 0 atom stereocenters. The van der Waals surface area contributed by atoms with Gasteiger partial charge in [0.2, 0.25) is 5.91 Å². The lowest BCUT2D eigenvalue weighted by atomic mass is 10.2. The Hall–Kier alpha value is -1.83. The van der Waals surface area contributed by atoms with Gasteiger partial charge in [-0.1, -0.05) is 29.3 Å². The van der Waals surface area contributed by atoms with Crippen molar-refractivity contribution in [3.8, 4) is 0 Å². The molecule has 3 rings (SSSR count). The molecule has 0 fully saturated rings. The fraction of sp³-hybridized carbons (Fsp3) is 0.235. The van der Waals surface area contributed by atoms with Crippen molar-refractivity contribution in [2.45, 2.75) is 26.4 Å². The Morgan fingerprint density at radius 3 is 2.81 bits per heavy atom. The molecule has 0 spiro atoms. The molecule has 0 aliphatic heterocycles. The Balaban J connectivity index is 1.56. The summed E-state index contributed by atoms with van der Waals surface area (Å²) in [5, 5.41) is 12.5. The number of aryl methyl sites for hydroxylation is 1. The van der Waals surface area contributed by atoms with Crippen LogP contribution in [-0.4, -0.2) is 25.5 Å². The summed E-state index contributed by atoms with van der Waals surface area (Å²) in [4.78, 5) is 12.1. The van der Waals surface area contributed by atoms with Crippen LogP contribution >= 0.6 is 39.1 Å². The molecule has 0 saturated carbocycles. The van der Waals surface area contributed by atoms with E-state index < -0.39 is 0 Å². The van der Waals surface area contributed by atoms with E-state index >= 15 is 0 Å². The maximum Gasteiger partial charge on any atom is 0.227 e. The van der Waals surface area contributed by atoms with Crippen molar-refractivity contribution in [3.05, 3.63) is 62.4 Å². The van der Waals surface area contributed by atoms with E-state index in [2.05, 4.69) is 31.4 Å². The zero-order valence-corrected chi connectivity index (χ0v) is 17.0. The normalized spacial score (nSPS) is 10.9. The highest BCUT2D eigenvalue weighted by molar-refractivity contribution is 9.10. The summed E-state index contributed by atoms with van der Waals surface area (Å²) in [6, 6.07) is 7.08. The van der Waals surface area contributed by atoms with Gasteiger partial charge in [0, 0.05) is 34.4 Å². The van der Waals surface area contributed by atoms with Crippen LogP contribution in [0.5, 0.6) is 0 Å². The van der Waals surface area contributed by atoms with E-state index in [1.165, 1.54) is 0 Å². The standard InChI is InChI=1S/C17H16BrCl2N5O/c1-11-14(18)9-21-25(11)7-5-17(26)22-16-4-6-24(23-16)10-12-2-3-13(19)8-15(12)20/h2-4,6,8-9H,5,7,10H2,1H3,(H,22,23,26). The number of benzene rings is 1. The average molecular weight is 457 g/mol. The highest BCUT2D eigenvalue weighted by atomic mass is 79.9. The SMILES string of the molecule is Cc1c(Br)cnn1CCC(=O)Nc1ccn(Cc2ccc(Cl)cc2Cl)n1. The molecule has 9 heteroatoms. The van der Waals surface area contributed by atoms with Gasteiger partial charge in [-0.25, -0.2) is 0 Å². The van der Waals surface area contributed by atoms with Crippen molar-refractivity contribution in [1.82, 2.24) is 19.6 Å². The maximum atomic E-state index is 12.1. The van der Waals surface area contributed by atoms with Crippen molar-refractivity contribution in [2.75, 3.05) is 5.32 Å². The first-order valence-corrected chi connectivity index (χ1v) is 9.42. The van der Waals surface area contributed by atoms with Gasteiger partial charge in [-0.2, -0.15) is 10.2 Å². The lowest BCUT2D eigenvalue weighted by Gasteiger charge is -2.06. The zero-order chi connectivity index (χ0) is 18.7. The second-order valence-electron chi connectivity index (χ2n) is 5.73. The zero-order valence-electron chi connectivity index (χ0n) is 13.9. The van der Waals surface area contributed by atoms with Crippen LogP contribution in [0, 0.1) is 6.92 Å². The molecule has 26 heavy (non-hydrogen) atoms. The van der Waals surface area contributed by atoms with E-state index in [9.17, 15) is 4.79 Å². The Labute approximate surface area is 169 Å². The van der Waals surface area contributed by atoms with Crippen LogP contribution < -0.4 is 5.32 Å². The molecule has 0 aliphatic carbocycles. The lowest BCUT2D eigenvalue weighted by molar-refractivity contribution is -0.116. The first-order chi connectivity index (χ1) is 12.4. The molecule has 2 heterocycles. The first kappa shape index (κ1) is 18.9. The van der Waals surface area contributed by atoms with E-state index in [4.69, 9.17) is 23.2 Å². The predicted octanol–water partition coefficient (Wildman–Crippen LogP) is 4.53. The smallest absolute Gasteiger partial charge is 0.227 e. The molecule has 1 N–H and O–H groups in total. The fourth-order valence-corrected chi connectivity index (χ4v) is 3.17. The van der Waals surface area contributed by atoms with Gasteiger partial charge in [0.15, 0.2) is 5.82 Å². The van der Waals surface area contributed by atoms with Gasteiger partial charge in [0.05, 0.1) is 23.8 Å². The van der Waals surface area contributed by atoms with E-state index in [-0.39, 0.29) is 5.91 Å². The number of aromatic nitrogens is 4. The van der Waals surface area contributed by atoms with E-state index in [1.54, 1.807) is 40.0 Å². The van der Waals surface area contributed by atoms with Crippen molar-refractivity contribution in [3.63, 3.8) is 0 Å². The number of carbonyl (C=O) groups excluding carboxylic acids is 1. The summed E-state index contributed by atoms with van der Waals surface area (Å²) in [5.74, 6) is 0.379. The van der Waals surface area contributed by atoms with Crippen LogP contribution in [0.25, 0.3) is 0 Å². The minimum Gasteiger partial charge on any atom is -0.309 e. The number of hydrogen-bond acceptors (Lipinski definition) is 3. The Kier molecular flexibility index (Phi) is 6.01. The van der Waals surface area contributed by atoms with Crippen molar-refractivity contribution in [2.24, 2.45) is 0 Å². The third-order valence-electron chi connectivity index (χ3n) is 3.85. The number of nitrogens with one attached hydrogen (secondary N) is 1. The topological polar surface area (TPSA) is 64.7 Å². The Bertz CT molecular complexity index is 937. The van der Waals surface area contributed by atoms with Crippen molar-refractivity contribution in [1.29, 1.82) is 0 Å². The lowest BCUT2D eigenvalue weighted by Crippen LogP contribution is -2.16. The summed E-state index contributed by atoms with van der Waals surface area (Å²) in [7, 11) is 0. The predicted molar refractivity (Wildman–Crippen MR) is 106 cm³/mol. The molecule has 0 bridgehead atoms. The van der Waals surface area contributed by atoms with E-state index in [1.807, 2.05) is 13.0 Å². The number of amides is 1. The summed E-state index contributed by atoms with van der Waals surface area (Å²) >= 11 is 15.5. The minimum absolute atomic E-state index is 0.120. The molecule has 0 aliphatic rings. The molecule has 0 unspecified atom stereocenters. The molecule has 0 saturated heterocycles. The number of rotatable bonds is 6. The number of nitrogens with zero attached hydrogens (tertiary/aromatic N) is 4. The fourth-order valence-electron chi connectivity index (χ4n) is 2.40. The Morgan fingerprint density at radius 2 is 2.12 bits per heavy atom. The summed E-state index contributed by atoms with van der Waals surface area (Å²) in [5.41, 5.74) is 1.89. The third-order valence-corrected chi connectivity index (χ3v) is 5.22. The highest BCUT2D eigenvalue weighted by Gasteiger charge is 2.09. The second kappa shape index (κ2) is 8.24. The third kappa shape index (κ3) is 4.66. The second-order valence-corrected chi connectivity index (χ2v) is 7.43. The van der Waals surface area contributed by atoms with E-state index in [0.29, 0.717) is 35.4 Å². The van der Waals surface area contributed by atoms with Gasteiger partial charge >= 0.3 is 0 Å². The molecule has 136 valence electrons. The quantitative estimate of drug-likeness (QED) is 0.592. The summed E-state index contributed by atoms with van der Waals surface area (Å²) < 4.78 is 4.42.